The van der Waals surface area contributed by atoms with Crippen LogP contribution in [0.3, 0.4) is 0 Å². The first-order valence-electron chi connectivity index (χ1n) is 9.17. The van der Waals surface area contributed by atoms with Crippen molar-refractivity contribution in [1.82, 2.24) is 4.98 Å². The fraction of sp³-hybridized carbons (Fsp3) is 0.217. The Balaban J connectivity index is 2.29. The van der Waals surface area contributed by atoms with Gasteiger partial charge >= 0.3 is 6.18 Å². The SMILES string of the molecule is COc1nc(C(C)C)c(N=C(c2ccccc2)c2ccccc2)cc1C(F)(F)F. The summed E-state index contributed by atoms with van der Waals surface area (Å²) in [4.78, 5) is 8.82. The summed E-state index contributed by atoms with van der Waals surface area (Å²) in [7, 11) is 1.18. The van der Waals surface area contributed by atoms with Crippen molar-refractivity contribution in [3.8, 4) is 5.88 Å². The fourth-order valence-electron chi connectivity index (χ4n) is 2.98. The van der Waals surface area contributed by atoms with E-state index in [1.54, 1.807) is 0 Å². The molecular formula is C23H21F3N2O. The second-order valence-corrected chi connectivity index (χ2v) is 6.79. The lowest BCUT2D eigenvalue weighted by atomic mass is 10.0. The normalized spacial score (nSPS) is 11.4. The molecule has 0 bridgehead atoms. The van der Waals surface area contributed by atoms with Gasteiger partial charge in [0.05, 0.1) is 24.2 Å². The van der Waals surface area contributed by atoms with Crippen LogP contribution in [-0.2, 0) is 6.18 Å². The van der Waals surface area contributed by atoms with E-state index >= 15 is 0 Å². The van der Waals surface area contributed by atoms with Crippen LogP contribution in [0, 0.1) is 0 Å². The van der Waals surface area contributed by atoms with Gasteiger partial charge in [-0.05, 0) is 12.0 Å². The van der Waals surface area contributed by atoms with Gasteiger partial charge in [-0.1, -0.05) is 74.5 Å². The first-order valence-corrected chi connectivity index (χ1v) is 9.17. The van der Waals surface area contributed by atoms with Crippen LogP contribution in [0.2, 0.25) is 0 Å². The van der Waals surface area contributed by atoms with E-state index in [1.807, 2.05) is 74.5 Å². The minimum atomic E-state index is -4.60. The van der Waals surface area contributed by atoms with E-state index in [0.717, 1.165) is 17.2 Å². The molecule has 0 aliphatic heterocycles. The summed E-state index contributed by atoms with van der Waals surface area (Å²) in [6, 6.07) is 19.7. The van der Waals surface area contributed by atoms with Crippen molar-refractivity contribution in [2.24, 2.45) is 4.99 Å². The summed E-state index contributed by atoms with van der Waals surface area (Å²) in [6.45, 7) is 3.72. The zero-order valence-corrected chi connectivity index (χ0v) is 16.4. The molecule has 0 unspecified atom stereocenters. The molecule has 0 aliphatic rings. The minimum Gasteiger partial charge on any atom is -0.481 e. The molecule has 0 saturated heterocycles. The van der Waals surface area contributed by atoms with Gasteiger partial charge < -0.3 is 4.74 Å². The van der Waals surface area contributed by atoms with Crippen LogP contribution < -0.4 is 4.74 Å². The van der Waals surface area contributed by atoms with Gasteiger partial charge in [0.2, 0.25) is 5.88 Å². The van der Waals surface area contributed by atoms with Crippen molar-refractivity contribution in [2.45, 2.75) is 25.9 Å². The van der Waals surface area contributed by atoms with Gasteiger partial charge in [-0.25, -0.2) is 9.98 Å². The van der Waals surface area contributed by atoms with Crippen LogP contribution in [0.4, 0.5) is 18.9 Å². The predicted octanol–water partition coefficient (Wildman–Crippen LogP) is 6.40. The average molecular weight is 398 g/mol. The summed E-state index contributed by atoms with van der Waals surface area (Å²) >= 11 is 0. The maximum Gasteiger partial charge on any atom is 0.421 e. The monoisotopic (exact) mass is 398 g/mol. The number of hydrogen-bond donors (Lipinski definition) is 0. The summed E-state index contributed by atoms with van der Waals surface area (Å²) < 4.78 is 45.6. The molecule has 0 N–H and O–H groups in total. The van der Waals surface area contributed by atoms with Crippen LogP contribution in [0.1, 0.15) is 42.1 Å². The minimum absolute atomic E-state index is 0.141. The molecule has 1 aromatic heterocycles. The largest absolute Gasteiger partial charge is 0.481 e. The first kappa shape index (κ1) is 20.6. The molecule has 0 saturated carbocycles. The van der Waals surface area contributed by atoms with Crippen LogP contribution in [0.5, 0.6) is 5.88 Å². The van der Waals surface area contributed by atoms with Gasteiger partial charge in [-0.3, -0.25) is 0 Å². The van der Waals surface area contributed by atoms with Crippen molar-refractivity contribution in [3.63, 3.8) is 0 Å². The van der Waals surface area contributed by atoms with Gasteiger partial charge in [0.1, 0.15) is 5.56 Å². The molecule has 0 fully saturated rings. The standard InChI is InChI=1S/C23H21F3N2O/c1-15(2)20-19(14-18(23(24,25)26)22(28-20)29-3)27-21(16-10-6-4-7-11-16)17-12-8-5-9-13-17/h4-15H,1-3H3. The van der Waals surface area contributed by atoms with Crippen molar-refractivity contribution in [2.75, 3.05) is 7.11 Å². The molecule has 1 heterocycles. The molecule has 0 amide bonds. The lowest BCUT2D eigenvalue weighted by Gasteiger charge is -2.17. The number of halogens is 3. The third-order valence-corrected chi connectivity index (χ3v) is 4.37. The average Bonchev–Trinajstić information content (AvgIpc) is 2.72. The Labute approximate surface area is 167 Å². The molecule has 29 heavy (non-hydrogen) atoms. The molecule has 3 aromatic rings. The number of methoxy groups -OCH3 is 1. The maximum atomic E-state index is 13.6. The van der Waals surface area contributed by atoms with Gasteiger partial charge in [0.15, 0.2) is 0 Å². The quantitative estimate of drug-likeness (QED) is 0.466. The Morgan fingerprint density at radius 2 is 1.45 bits per heavy atom. The number of ether oxygens (including phenoxy) is 1. The van der Waals surface area contributed by atoms with E-state index in [4.69, 9.17) is 4.74 Å². The van der Waals surface area contributed by atoms with Gasteiger partial charge in [-0.15, -0.1) is 0 Å². The molecular weight excluding hydrogens is 377 g/mol. The van der Waals surface area contributed by atoms with Crippen LogP contribution >= 0.6 is 0 Å². The van der Waals surface area contributed by atoms with E-state index in [2.05, 4.69) is 9.98 Å². The van der Waals surface area contributed by atoms with E-state index < -0.39 is 17.6 Å². The lowest BCUT2D eigenvalue weighted by molar-refractivity contribution is -0.139. The second kappa shape index (κ2) is 8.47. The van der Waals surface area contributed by atoms with E-state index in [1.165, 1.54) is 7.11 Å². The molecule has 0 spiro atoms. The predicted molar refractivity (Wildman–Crippen MR) is 108 cm³/mol. The van der Waals surface area contributed by atoms with Crippen molar-refractivity contribution < 1.29 is 17.9 Å². The Morgan fingerprint density at radius 3 is 1.86 bits per heavy atom. The Hall–Kier alpha value is -3.15. The van der Waals surface area contributed by atoms with Crippen LogP contribution in [0.15, 0.2) is 71.7 Å². The van der Waals surface area contributed by atoms with Gasteiger partial charge in [0.25, 0.3) is 0 Å². The highest BCUT2D eigenvalue weighted by molar-refractivity contribution is 6.14. The smallest absolute Gasteiger partial charge is 0.421 e. The molecule has 3 nitrogen and oxygen atoms in total. The number of nitrogens with zero attached hydrogens (tertiary/aromatic N) is 2. The highest BCUT2D eigenvalue weighted by Crippen LogP contribution is 2.40. The zero-order valence-electron chi connectivity index (χ0n) is 16.4. The zero-order chi connectivity index (χ0) is 21.0. The molecule has 0 radical (unpaired) electrons. The van der Waals surface area contributed by atoms with Crippen LogP contribution in [-0.4, -0.2) is 17.8 Å². The number of pyridine rings is 1. The molecule has 150 valence electrons. The second-order valence-electron chi connectivity index (χ2n) is 6.79. The fourth-order valence-corrected chi connectivity index (χ4v) is 2.98. The van der Waals surface area contributed by atoms with Crippen molar-refractivity contribution in [3.05, 3.63) is 89.1 Å². The van der Waals surface area contributed by atoms with Crippen LogP contribution in [0.25, 0.3) is 0 Å². The summed E-state index contributed by atoms with van der Waals surface area (Å²) in [5, 5.41) is 0. The topological polar surface area (TPSA) is 34.5 Å². The molecule has 3 rings (SSSR count). The van der Waals surface area contributed by atoms with Gasteiger partial charge in [-0.2, -0.15) is 13.2 Å². The summed E-state index contributed by atoms with van der Waals surface area (Å²) in [5.74, 6) is -0.584. The number of aliphatic imine (C=N–C) groups is 1. The molecule has 0 atom stereocenters. The Morgan fingerprint density at radius 1 is 0.931 bits per heavy atom. The summed E-state index contributed by atoms with van der Waals surface area (Å²) in [6.07, 6.45) is -4.60. The Kier molecular flexibility index (Phi) is 6.01. The molecule has 2 aromatic carbocycles. The van der Waals surface area contributed by atoms with Crippen molar-refractivity contribution >= 4 is 11.4 Å². The number of benzene rings is 2. The van der Waals surface area contributed by atoms with E-state index in [0.29, 0.717) is 11.4 Å². The maximum absolute atomic E-state index is 13.6. The number of rotatable bonds is 5. The van der Waals surface area contributed by atoms with E-state index in [9.17, 15) is 13.2 Å². The Bertz CT molecular complexity index is 956. The highest BCUT2D eigenvalue weighted by atomic mass is 19.4. The lowest BCUT2D eigenvalue weighted by Crippen LogP contribution is -2.11. The van der Waals surface area contributed by atoms with E-state index in [-0.39, 0.29) is 11.6 Å². The third-order valence-electron chi connectivity index (χ3n) is 4.37. The van der Waals surface area contributed by atoms with Gasteiger partial charge in [0, 0.05) is 11.1 Å². The highest BCUT2D eigenvalue weighted by Gasteiger charge is 2.36. The molecule has 0 aliphatic carbocycles. The molecule has 6 heteroatoms. The third kappa shape index (κ3) is 4.65. The number of alkyl halides is 3. The first-order chi connectivity index (χ1) is 13.8. The number of hydrogen-bond acceptors (Lipinski definition) is 3. The summed E-state index contributed by atoms with van der Waals surface area (Å²) in [5.41, 5.74) is 1.86. The number of aromatic nitrogens is 1. The van der Waals surface area contributed by atoms with Crippen molar-refractivity contribution in [1.29, 1.82) is 0 Å².